The van der Waals surface area contributed by atoms with Crippen LogP contribution in [0.15, 0.2) is 18.2 Å². The smallest absolute Gasteiger partial charge is 0.178 e. The molecule has 0 radical (unpaired) electrons. The molecule has 0 saturated carbocycles. The Bertz CT molecular complexity index is 479. The third kappa shape index (κ3) is 3.97. The van der Waals surface area contributed by atoms with Crippen molar-refractivity contribution >= 4 is 29.0 Å². The molecule has 20 heavy (non-hydrogen) atoms. The second kappa shape index (κ2) is 6.93. The van der Waals surface area contributed by atoms with Crippen molar-refractivity contribution in [2.45, 2.75) is 26.7 Å². The molecule has 2 rings (SSSR count). The van der Waals surface area contributed by atoms with Gasteiger partial charge in [-0.1, -0.05) is 37.0 Å². The molecule has 2 nitrogen and oxygen atoms in total. The number of carbonyl (C=O) groups excluding carboxylic acids is 1. The fraction of sp³-hybridized carbons (Fsp3) is 0.562. The highest BCUT2D eigenvalue weighted by atomic mass is 35.5. The van der Waals surface area contributed by atoms with Crippen molar-refractivity contribution in [3.05, 3.63) is 33.8 Å². The van der Waals surface area contributed by atoms with E-state index in [1.54, 1.807) is 18.2 Å². The zero-order valence-corrected chi connectivity index (χ0v) is 13.5. The largest absolute Gasteiger partial charge is 0.296 e. The fourth-order valence-corrected chi connectivity index (χ4v) is 3.30. The van der Waals surface area contributed by atoms with Gasteiger partial charge in [0.1, 0.15) is 0 Å². The number of likely N-dealkylation sites (tertiary alicyclic amines) is 1. The SMILES string of the molecule is CC(C)C1CCN(CC(=O)c2ccc(Cl)cc2Cl)CC1. The predicted octanol–water partition coefficient (Wildman–Crippen LogP) is 4.54. The molecule has 1 saturated heterocycles. The average Bonchev–Trinajstić information content (AvgIpc) is 2.39. The predicted molar refractivity (Wildman–Crippen MR) is 84.8 cm³/mol. The lowest BCUT2D eigenvalue weighted by Crippen LogP contribution is -2.38. The standard InChI is InChI=1S/C16H21Cl2NO/c1-11(2)12-5-7-19(8-6-12)10-16(20)14-4-3-13(17)9-15(14)18/h3-4,9,11-12H,5-8,10H2,1-2H3. The minimum atomic E-state index is 0.0784. The van der Waals surface area contributed by atoms with E-state index in [0.717, 1.165) is 24.9 Å². The third-order valence-electron chi connectivity index (χ3n) is 4.17. The number of hydrogen-bond donors (Lipinski definition) is 0. The van der Waals surface area contributed by atoms with E-state index in [4.69, 9.17) is 23.2 Å². The number of piperidine rings is 1. The van der Waals surface area contributed by atoms with Gasteiger partial charge in [-0.15, -0.1) is 0 Å². The molecule has 1 aliphatic heterocycles. The molecule has 1 aromatic carbocycles. The summed E-state index contributed by atoms with van der Waals surface area (Å²) in [5.74, 6) is 1.61. The molecule has 0 N–H and O–H groups in total. The van der Waals surface area contributed by atoms with Gasteiger partial charge in [-0.05, 0) is 56.0 Å². The molecule has 1 fully saturated rings. The van der Waals surface area contributed by atoms with Crippen LogP contribution in [0, 0.1) is 11.8 Å². The van der Waals surface area contributed by atoms with Crippen LogP contribution in [0.1, 0.15) is 37.0 Å². The van der Waals surface area contributed by atoms with Gasteiger partial charge in [-0.3, -0.25) is 9.69 Å². The van der Waals surface area contributed by atoms with Crippen LogP contribution < -0.4 is 0 Å². The normalized spacial score (nSPS) is 17.6. The van der Waals surface area contributed by atoms with Crippen molar-refractivity contribution in [1.29, 1.82) is 0 Å². The van der Waals surface area contributed by atoms with Gasteiger partial charge in [0.05, 0.1) is 11.6 Å². The number of carbonyl (C=O) groups is 1. The molecule has 0 aromatic heterocycles. The minimum absolute atomic E-state index is 0.0784. The number of nitrogens with zero attached hydrogens (tertiary/aromatic N) is 1. The van der Waals surface area contributed by atoms with Crippen molar-refractivity contribution < 1.29 is 4.79 Å². The van der Waals surface area contributed by atoms with Crippen LogP contribution in [-0.4, -0.2) is 30.3 Å². The zero-order valence-electron chi connectivity index (χ0n) is 12.0. The summed E-state index contributed by atoms with van der Waals surface area (Å²) in [5, 5.41) is 1.00. The van der Waals surface area contributed by atoms with E-state index >= 15 is 0 Å². The van der Waals surface area contributed by atoms with E-state index in [0.29, 0.717) is 22.2 Å². The quantitative estimate of drug-likeness (QED) is 0.760. The van der Waals surface area contributed by atoms with E-state index in [1.807, 2.05) is 0 Å². The highest BCUT2D eigenvalue weighted by Gasteiger charge is 2.23. The highest BCUT2D eigenvalue weighted by molar-refractivity contribution is 6.36. The summed E-state index contributed by atoms with van der Waals surface area (Å²) in [6.45, 7) is 7.00. The Balaban J connectivity index is 1.92. The van der Waals surface area contributed by atoms with Crippen molar-refractivity contribution in [3.63, 3.8) is 0 Å². The summed E-state index contributed by atoms with van der Waals surface area (Å²) < 4.78 is 0. The number of halogens is 2. The molecular formula is C16H21Cl2NO. The Morgan fingerprint density at radius 2 is 1.95 bits per heavy atom. The van der Waals surface area contributed by atoms with Crippen molar-refractivity contribution in [3.8, 4) is 0 Å². The first-order chi connectivity index (χ1) is 9.47. The highest BCUT2D eigenvalue weighted by Crippen LogP contribution is 2.25. The van der Waals surface area contributed by atoms with E-state index in [9.17, 15) is 4.79 Å². The first-order valence-corrected chi connectivity index (χ1v) is 7.93. The maximum Gasteiger partial charge on any atom is 0.178 e. The maximum absolute atomic E-state index is 12.3. The van der Waals surface area contributed by atoms with Gasteiger partial charge in [0.2, 0.25) is 0 Å². The number of Topliss-reactive ketones (excluding diaryl/α,β-unsaturated/α-hetero) is 1. The topological polar surface area (TPSA) is 20.3 Å². The van der Waals surface area contributed by atoms with Crippen LogP contribution in [-0.2, 0) is 0 Å². The van der Waals surface area contributed by atoms with Gasteiger partial charge >= 0.3 is 0 Å². The Hall–Kier alpha value is -0.570. The Morgan fingerprint density at radius 3 is 2.50 bits per heavy atom. The molecule has 1 aromatic rings. The lowest BCUT2D eigenvalue weighted by atomic mass is 9.86. The molecule has 4 heteroatoms. The van der Waals surface area contributed by atoms with Crippen molar-refractivity contribution in [2.75, 3.05) is 19.6 Å². The Kier molecular flexibility index (Phi) is 5.48. The van der Waals surface area contributed by atoms with Gasteiger partial charge in [-0.25, -0.2) is 0 Å². The number of benzene rings is 1. The molecular weight excluding hydrogens is 293 g/mol. The summed E-state index contributed by atoms with van der Waals surface area (Å²) >= 11 is 11.9. The van der Waals surface area contributed by atoms with E-state index in [2.05, 4.69) is 18.7 Å². The van der Waals surface area contributed by atoms with Crippen LogP contribution in [0.2, 0.25) is 10.0 Å². The van der Waals surface area contributed by atoms with Gasteiger partial charge in [-0.2, -0.15) is 0 Å². The van der Waals surface area contributed by atoms with Gasteiger partial charge < -0.3 is 0 Å². The van der Waals surface area contributed by atoms with E-state index < -0.39 is 0 Å². The lowest BCUT2D eigenvalue weighted by Gasteiger charge is -2.33. The molecule has 0 amide bonds. The number of hydrogen-bond acceptors (Lipinski definition) is 2. The Morgan fingerprint density at radius 1 is 1.30 bits per heavy atom. The van der Waals surface area contributed by atoms with Crippen LogP contribution in [0.3, 0.4) is 0 Å². The second-order valence-corrected chi connectivity index (χ2v) is 6.75. The first-order valence-electron chi connectivity index (χ1n) is 7.18. The second-order valence-electron chi connectivity index (χ2n) is 5.90. The zero-order chi connectivity index (χ0) is 14.7. The molecule has 0 bridgehead atoms. The lowest BCUT2D eigenvalue weighted by molar-refractivity contribution is 0.0880. The molecule has 110 valence electrons. The fourth-order valence-electron chi connectivity index (χ4n) is 2.78. The maximum atomic E-state index is 12.3. The summed E-state index contributed by atoms with van der Waals surface area (Å²) in [5.41, 5.74) is 0.571. The van der Waals surface area contributed by atoms with E-state index in [-0.39, 0.29) is 5.78 Å². The van der Waals surface area contributed by atoms with Crippen molar-refractivity contribution in [1.82, 2.24) is 4.90 Å². The monoisotopic (exact) mass is 313 g/mol. The number of rotatable bonds is 4. The van der Waals surface area contributed by atoms with E-state index in [1.165, 1.54) is 12.8 Å². The summed E-state index contributed by atoms with van der Waals surface area (Å²) in [7, 11) is 0. The molecule has 1 heterocycles. The molecule has 0 spiro atoms. The van der Waals surface area contributed by atoms with Crippen LogP contribution in [0.4, 0.5) is 0 Å². The molecule has 1 aliphatic rings. The molecule has 0 aliphatic carbocycles. The Labute approximate surface area is 131 Å². The summed E-state index contributed by atoms with van der Waals surface area (Å²) in [6.07, 6.45) is 2.36. The average molecular weight is 314 g/mol. The minimum Gasteiger partial charge on any atom is -0.296 e. The molecule has 0 unspecified atom stereocenters. The first kappa shape index (κ1) is 15.8. The van der Waals surface area contributed by atoms with Gasteiger partial charge in [0.25, 0.3) is 0 Å². The third-order valence-corrected chi connectivity index (χ3v) is 4.72. The summed E-state index contributed by atoms with van der Waals surface area (Å²) in [6, 6.07) is 5.06. The van der Waals surface area contributed by atoms with Crippen molar-refractivity contribution in [2.24, 2.45) is 11.8 Å². The molecule has 0 atom stereocenters. The number of ketones is 1. The van der Waals surface area contributed by atoms with Gasteiger partial charge in [0.15, 0.2) is 5.78 Å². The summed E-state index contributed by atoms with van der Waals surface area (Å²) in [4.78, 5) is 14.5. The van der Waals surface area contributed by atoms with Gasteiger partial charge in [0, 0.05) is 10.6 Å². The van der Waals surface area contributed by atoms with Crippen LogP contribution in [0.25, 0.3) is 0 Å². The van der Waals surface area contributed by atoms with Crippen LogP contribution in [0.5, 0.6) is 0 Å². The van der Waals surface area contributed by atoms with Crippen LogP contribution >= 0.6 is 23.2 Å².